The summed E-state index contributed by atoms with van der Waals surface area (Å²) in [5.41, 5.74) is 3.59. The van der Waals surface area contributed by atoms with Crippen LogP contribution in [-0.2, 0) is 4.74 Å². The van der Waals surface area contributed by atoms with E-state index in [1.165, 1.54) is 0 Å². The Morgan fingerprint density at radius 3 is 2.54 bits per heavy atom. The molecule has 0 unspecified atom stereocenters. The van der Waals surface area contributed by atoms with Gasteiger partial charge in [0.15, 0.2) is 0 Å². The van der Waals surface area contributed by atoms with Crippen molar-refractivity contribution in [2.24, 2.45) is 0 Å². The topological polar surface area (TPSA) is 64.1 Å². The molecule has 5 nitrogen and oxygen atoms in total. The first-order valence-electron chi connectivity index (χ1n) is 8.58. The summed E-state index contributed by atoms with van der Waals surface area (Å²) in [6.07, 6.45) is 1.56. The molecule has 0 atom stereocenters. The minimum atomic E-state index is -0.322. The quantitative estimate of drug-likeness (QED) is 0.427. The summed E-state index contributed by atoms with van der Waals surface area (Å²) in [5.74, 6) is 0.418. The van der Waals surface area contributed by atoms with Crippen LogP contribution in [0.3, 0.4) is 0 Å². The number of rotatable bonds is 5. The van der Waals surface area contributed by atoms with Crippen LogP contribution in [0.5, 0.6) is 0 Å². The van der Waals surface area contributed by atoms with E-state index in [1.54, 1.807) is 36.7 Å². The highest BCUT2D eigenvalue weighted by Crippen LogP contribution is 2.37. The molecule has 4 rings (SSSR count). The van der Waals surface area contributed by atoms with Crippen molar-refractivity contribution >= 4 is 51.4 Å². The number of ether oxygens (including phenoxy) is 1. The van der Waals surface area contributed by atoms with Crippen LogP contribution in [0.1, 0.15) is 17.3 Å². The third-order valence-corrected chi connectivity index (χ3v) is 5.00. The predicted molar refractivity (Wildman–Crippen MR) is 116 cm³/mol. The molecule has 0 aliphatic carbocycles. The van der Waals surface area contributed by atoms with Crippen LogP contribution in [-0.4, -0.2) is 22.5 Å². The highest BCUT2D eigenvalue weighted by molar-refractivity contribution is 7.17. The van der Waals surface area contributed by atoms with E-state index in [2.05, 4.69) is 32.8 Å². The lowest BCUT2D eigenvalue weighted by atomic mass is 10.1. The van der Waals surface area contributed by atoms with E-state index in [9.17, 15) is 4.79 Å². The molecule has 28 heavy (non-hydrogen) atoms. The number of nitrogens with one attached hydrogen (secondary N) is 1. The Morgan fingerprint density at radius 1 is 1.07 bits per heavy atom. The number of nitrogens with zero attached hydrogens (tertiary/aromatic N) is 2. The highest BCUT2D eigenvalue weighted by atomic mass is 35.5. The van der Waals surface area contributed by atoms with Gasteiger partial charge in [0.1, 0.15) is 17.0 Å². The molecular formula is C21H18ClN3O2S. The van der Waals surface area contributed by atoms with Crippen LogP contribution in [0.2, 0.25) is 0 Å². The zero-order valence-electron chi connectivity index (χ0n) is 15.1. The molecule has 7 heteroatoms. The minimum absolute atomic E-state index is 0. The van der Waals surface area contributed by atoms with Crippen LogP contribution < -0.4 is 5.32 Å². The number of carbonyl (C=O) groups is 1. The molecule has 0 saturated carbocycles. The summed E-state index contributed by atoms with van der Waals surface area (Å²) >= 11 is 1.59. The van der Waals surface area contributed by atoms with Gasteiger partial charge < -0.3 is 10.1 Å². The Bertz CT molecular complexity index is 1080. The molecule has 0 radical (unpaired) electrons. The van der Waals surface area contributed by atoms with Gasteiger partial charge >= 0.3 is 5.97 Å². The van der Waals surface area contributed by atoms with Crippen LogP contribution in [0, 0.1) is 0 Å². The van der Waals surface area contributed by atoms with Gasteiger partial charge in [-0.05, 0) is 36.8 Å². The number of benzene rings is 2. The number of thiophene rings is 1. The average Bonchev–Trinajstić information content (AvgIpc) is 3.15. The standard InChI is InChI=1S/C21H17N3O2S.ClH/c1-2-26-21(25)15-8-10-16(11-9-15)24-19-18-17(14-6-4-3-5-7-14)12-27-20(18)23-13-22-19;/h3-13H,2H2,1H3,(H,22,23,24);1H. The number of esters is 1. The summed E-state index contributed by atoms with van der Waals surface area (Å²) in [5, 5.41) is 6.43. The first kappa shape index (κ1) is 19.8. The molecule has 0 fully saturated rings. The molecule has 0 spiro atoms. The summed E-state index contributed by atoms with van der Waals surface area (Å²) < 4.78 is 5.02. The summed E-state index contributed by atoms with van der Waals surface area (Å²) in [7, 11) is 0. The first-order chi connectivity index (χ1) is 13.3. The molecule has 142 valence electrons. The fourth-order valence-corrected chi connectivity index (χ4v) is 3.76. The van der Waals surface area contributed by atoms with Crippen molar-refractivity contribution in [1.29, 1.82) is 0 Å². The summed E-state index contributed by atoms with van der Waals surface area (Å²) in [6.45, 7) is 2.15. The third kappa shape index (κ3) is 3.98. The highest BCUT2D eigenvalue weighted by Gasteiger charge is 2.13. The molecule has 2 heterocycles. The van der Waals surface area contributed by atoms with Crippen molar-refractivity contribution in [2.75, 3.05) is 11.9 Å². The maximum atomic E-state index is 11.8. The second-order valence-electron chi connectivity index (χ2n) is 5.84. The Morgan fingerprint density at radius 2 is 1.82 bits per heavy atom. The van der Waals surface area contributed by atoms with Crippen LogP contribution in [0.15, 0.2) is 66.3 Å². The third-order valence-electron chi connectivity index (χ3n) is 4.11. The zero-order chi connectivity index (χ0) is 18.6. The normalized spacial score (nSPS) is 10.3. The maximum absolute atomic E-state index is 11.8. The largest absolute Gasteiger partial charge is 0.462 e. The number of anilines is 2. The Hall–Kier alpha value is -2.96. The Kier molecular flexibility index (Phi) is 6.23. The van der Waals surface area contributed by atoms with Crippen molar-refractivity contribution in [3.63, 3.8) is 0 Å². The van der Waals surface area contributed by atoms with E-state index in [0.717, 1.165) is 32.8 Å². The van der Waals surface area contributed by atoms with E-state index in [-0.39, 0.29) is 18.4 Å². The smallest absolute Gasteiger partial charge is 0.338 e. The first-order valence-corrected chi connectivity index (χ1v) is 9.46. The van der Waals surface area contributed by atoms with Gasteiger partial charge in [0.05, 0.1) is 17.6 Å². The molecule has 1 N–H and O–H groups in total. The lowest BCUT2D eigenvalue weighted by Gasteiger charge is -2.09. The molecular weight excluding hydrogens is 394 g/mol. The van der Waals surface area contributed by atoms with Crippen molar-refractivity contribution in [2.45, 2.75) is 6.92 Å². The van der Waals surface area contributed by atoms with Gasteiger partial charge in [0, 0.05) is 16.6 Å². The molecule has 0 saturated heterocycles. The number of carbonyl (C=O) groups excluding carboxylic acids is 1. The van der Waals surface area contributed by atoms with Crippen LogP contribution in [0.4, 0.5) is 11.5 Å². The average molecular weight is 412 g/mol. The van der Waals surface area contributed by atoms with Crippen molar-refractivity contribution < 1.29 is 9.53 Å². The minimum Gasteiger partial charge on any atom is -0.462 e. The van der Waals surface area contributed by atoms with Crippen LogP contribution in [0.25, 0.3) is 21.3 Å². The molecule has 0 aliphatic rings. The zero-order valence-corrected chi connectivity index (χ0v) is 16.7. The molecule has 2 aromatic heterocycles. The molecule has 4 aromatic rings. The van der Waals surface area contributed by atoms with Crippen molar-refractivity contribution in [3.05, 3.63) is 71.9 Å². The fourth-order valence-electron chi connectivity index (χ4n) is 2.84. The van der Waals surface area contributed by atoms with E-state index < -0.39 is 0 Å². The Balaban J connectivity index is 0.00000225. The maximum Gasteiger partial charge on any atom is 0.338 e. The summed E-state index contributed by atoms with van der Waals surface area (Å²) in [6, 6.07) is 17.4. The van der Waals surface area contributed by atoms with Gasteiger partial charge in [-0.15, -0.1) is 23.7 Å². The molecule has 0 amide bonds. The van der Waals surface area contributed by atoms with Gasteiger partial charge in [0.2, 0.25) is 0 Å². The number of aromatic nitrogens is 2. The van der Waals surface area contributed by atoms with E-state index >= 15 is 0 Å². The molecule has 0 aliphatic heterocycles. The SMILES string of the molecule is CCOC(=O)c1ccc(Nc2ncnc3scc(-c4ccccc4)c23)cc1.Cl. The number of halogens is 1. The lowest BCUT2D eigenvalue weighted by Crippen LogP contribution is -2.04. The van der Waals surface area contributed by atoms with Gasteiger partial charge in [-0.3, -0.25) is 0 Å². The van der Waals surface area contributed by atoms with Gasteiger partial charge in [-0.1, -0.05) is 30.3 Å². The van der Waals surface area contributed by atoms with Crippen molar-refractivity contribution in [1.82, 2.24) is 9.97 Å². The summed E-state index contributed by atoms with van der Waals surface area (Å²) in [4.78, 5) is 21.6. The number of hydrogen-bond donors (Lipinski definition) is 1. The second kappa shape index (κ2) is 8.82. The van der Waals surface area contributed by atoms with Gasteiger partial charge in [-0.25, -0.2) is 14.8 Å². The Labute approximate surface area is 172 Å². The second-order valence-corrected chi connectivity index (χ2v) is 6.70. The van der Waals surface area contributed by atoms with E-state index in [1.807, 2.05) is 30.3 Å². The monoisotopic (exact) mass is 411 g/mol. The lowest BCUT2D eigenvalue weighted by molar-refractivity contribution is 0.0526. The molecule has 0 bridgehead atoms. The number of hydrogen-bond acceptors (Lipinski definition) is 6. The van der Waals surface area contributed by atoms with Gasteiger partial charge in [0.25, 0.3) is 0 Å². The predicted octanol–water partition coefficient (Wildman–Crippen LogP) is 5.70. The van der Waals surface area contributed by atoms with E-state index in [0.29, 0.717) is 12.2 Å². The van der Waals surface area contributed by atoms with Gasteiger partial charge in [-0.2, -0.15) is 0 Å². The van der Waals surface area contributed by atoms with E-state index in [4.69, 9.17) is 4.74 Å². The van der Waals surface area contributed by atoms with Crippen LogP contribution >= 0.6 is 23.7 Å². The number of fused-ring (bicyclic) bond motifs is 1. The molecule has 2 aromatic carbocycles. The van der Waals surface area contributed by atoms with Crippen molar-refractivity contribution in [3.8, 4) is 11.1 Å². The fraction of sp³-hybridized carbons (Fsp3) is 0.0952.